The minimum Gasteiger partial charge on any atom is -0.465 e. The average Bonchev–Trinajstić information content (AvgIpc) is 2.22. The number of ketones is 1. The fourth-order valence-electron chi connectivity index (χ4n) is 1.75. The SMILES string of the molecule is CCCOC(=O)C(CC)(CCC)C(C)=O.[AlH3]. The second-order valence-electron chi connectivity index (χ2n) is 3.88. The summed E-state index contributed by atoms with van der Waals surface area (Å²) in [5, 5.41) is 0. The monoisotopic (exact) mass is 244 g/mol. The highest BCUT2D eigenvalue weighted by Crippen LogP contribution is 2.31. The topological polar surface area (TPSA) is 43.4 Å². The summed E-state index contributed by atoms with van der Waals surface area (Å²) < 4.78 is 5.10. The summed E-state index contributed by atoms with van der Waals surface area (Å²) in [7, 11) is 0. The number of carbonyl (C=O) groups excluding carboxylic acids is 2. The van der Waals surface area contributed by atoms with Crippen molar-refractivity contribution in [1.82, 2.24) is 0 Å². The third-order valence-corrected chi connectivity index (χ3v) is 2.78. The fraction of sp³-hybridized carbons (Fsp3) is 0.833. The van der Waals surface area contributed by atoms with E-state index in [4.69, 9.17) is 4.74 Å². The Morgan fingerprint density at radius 1 is 1.12 bits per heavy atom. The highest BCUT2D eigenvalue weighted by molar-refractivity contribution is 6.02. The molecule has 16 heavy (non-hydrogen) atoms. The van der Waals surface area contributed by atoms with Crippen LogP contribution in [0.2, 0.25) is 0 Å². The molecule has 0 aliphatic heterocycles. The highest BCUT2D eigenvalue weighted by Gasteiger charge is 2.41. The minimum absolute atomic E-state index is 0. The zero-order valence-electron chi connectivity index (χ0n) is 10.3. The molecule has 0 fully saturated rings. The Kier molecular flexibility index (Phi) is 9.91. The van der Waals surface area contributed by atoms with Crippen LogP contribution in [0.4, 0.5) is 0 Å². The molecule has 0 aromatic rings. The second kappa shape index (κ2) is 8.78. The van der Waals surface area contributed by atoms with E-state index < -0.39 is 5.41 Å². The first-order chi connectivity index (χ1) is 7.05. The van der Waals surface area contributed by atoms with E-state index in [0.29, 0.717) is 19.4 Å². The lowest BCUT2D eigenvalue weighted by molar-refractivity contribution is -0.161. The number of rotatable bonds is 7. The van der Waals surface area contributed by atoms with E-state index in [1.807, 2.05) is 20.8 Å². The average molecular weight is 244 g/mol. The first kappa shape index (κ1) is 18.0. The molecular weight excluding hydrogens is 219 g/mol. The van der Waals surface area contributed by atoms with Crippen LogP contribution in [0, 0.1) is 5.41 Å². The van der Waals surface area contributed by atoms with Crippen LogP contribution in [0.1, 0.15) is 53.4 Å². The Morgan fingerprint density at radius 2 is 1.69 bits per heavy atom. The summed E-state index contributed by atoms with van der Waals surface area (Å²) in [6, 6.07) is 0. The largest absolute Gasteiger partial charge is 0.465 e. The van der Waals surface area contributed by atoms with Gasteiger partial charge in [0, 0.05) is 0 Å². The Bertz CT molecular complexity index is 228. The van der Waals surface area contributed by atoms with E-state index in [9.17, 15) is 9.59 Å². The lowest BCUT2D eigenvalue weighted by atomic mass is 9.77. The Morgan fingerprint density at radius 3 is 2.00 bits per heavy atom. The number of esters is 1. The third-order valence-electron chi connectivity index (χ3n) is 2.78. The van der Waals surface area contributed by atoms with E-state index in [2.05, 4.69) is 0 Å². The van der Waals surface area contributed by atoms with Gasteiger partial charge < -0.3 is 4.74 Å². The van der Waals surface area contributed by atoms with Gasteiger partial charge in [-0.2, -0.15) is 0 Å². The highest BCUT2D eigenvalue weighted by atomic mass is 27.0. The number of carbonyl (C=O) groups is 2. The maximum Gasteiger partial charge on any atom is 0.319 e. The van der Waals surface area contributed by atoms with Crippen molar-refractivity contribution in [2.45, 2.75) is 53.4 Å². The number of Topliss-reactive ketones (excluding diaryl/α,β-unsaturated/α-hetero) is 1. The van der Waals surface area contributed by atoms with Crippen molar-refractivity contribution in [2.24, 2.45) is 5.41 Å². The van der Waals surface area contributed by atoms with Gasteiger partial charge in [-0.15, -0.1) is 0 Å². The predicted molar refractivity (Wildman–Crippen MR) is 69.5 cm³/mol. The second-order valence-corrected chi connectivity index (χ2v) is 3.88. The Labute approximate surface area is 109 Å². The van der Waals surface area contributed by atoms with Crippen LogP contribution in [0.5, 0.6) is 0 Å². The molecule has 0 amide bonds. The van der Waals surface area contributed by atoms with E-state index >= 15 is 0 Å². The number of hydrogen-bond acceptors (Lipinski definition) is 3. The lowest BCUT2D eigenvalue weighted by Crippen LogP contribution is -2.39. The van der Waals surface area contributed by atoms with Gasteiger partial charge in [0.2, 0.25) is 0 Å². The molecule has 4 heteroatoms. The van der Waals surface area contributed by atoms with Crippen molar-refractivity contribution in [2.75, 3.05) is 6.61 Å². The summed E-state index contributed by atoms with van der Waals surface area (Å²) in [4.78, 5) is 23.4. The van der Waals surface area contributed by atoms with Gasteiger partial charge in [0.25, 0.3) is 0 Å². The van der Waals surface area contributed by atoms with E-state index in [1.165, 1.54) is 6.92 Å². The van der Waals surface area contributed by atoms with Gasteiger partial charge in [-0.3, -0.25) is 9.59 Å². The molecule has 1 atom stereocenters. The molecule has 1 unspecified atom stereocenters. The molecule has 3 nitrogen and oxygen atoms in total. The normalized spacial score (nSPS) is 13.5. The molecule has 0 aliphatic carbocycles. The van der Waals surface area contributed by atoms with E-state index in [0.717, 1.165) is 12.8 Å². The first-order valence-corrected chi connectivity index (χ1v) is 5.73. The molecule has 0 saturated carbocycles. The summed E-state index contributed by atoms with van der Waals surface area (Å²) in [5.41, 5.74) is -0.899. The molecule has 0 bridgehead atoms. The minimum atomic E-state index is -0.899. The van der Waals surface area contributed by atoms with Gasteiger partial charge in [0.1, 0.15) is 11.2 Å². The molecule has 0 aliphatic rings. The van der Waals surface area contributed by atoms with Crippen molar-refractivity contribution in [3.05, 3.63) is 0 Å². The molecule has 0 aromatic carbocycles. The quantitative estimate of drug-likeness (QED) is 0.387. The van der Waals surface area contributed by atoms with Crippen LogP contribution in [0.3, 0.4) is 0 Å². The van der Waals surface area contributed by atoms with Crippen LogP contribution in [0.25, 0.3) is 0 Å². The van der Waals surface area contributed by atoms with Crippen LogP contribution < -0.4 is 0 Å². The maximum atomic E-state index is 11.8. The van der Waals surface area contributed by atoms with Crippen molar-refractivity contribution in [3.63, 3.8) is 0 Å². The summed E-state index contributed by atoms with van der Waals surface area (Å²) in [6.45, 7) is 7.66. The van der Waals surface area contributed by atoms with Gasteiger partial charge in [-0.05, 0) is 26.2 Å². The molecule has 0 saturated heterocycles. The van der Waals surface area contributed by atoms with Crippen molar-refractivity contribution < 1.29 is 14.3 Å². The van der Waals surface area contributed by atoms with Gasteiger partial charge in [-0.25, -0.2) is 0 Å². The molecular formula is C12H25AlO3. The molecule has 0 aromatic heterocycles. The van der Waals surface area contributed by atoms with Crippen LogP contribution in [-0.2, 0) is 14.3 Å². The summed E-state index contributed by atoms with van der Waals surface area (Å²) >= 11 is 0. The van der Waals surface area contributed by atoms with Crippen molar-refractivity contribution in [3.8, 4) is 0 Å². The summed E-state index contributed by atoms with van der Waals surface area (Å²) in [6.07, 6.45) is 2.71. The number of ether oxygens (including phenoxy) is 1. The van der Waals surface area contributed by atoms with Crippen LogP contribution >= 0.6 is 0 Å². The lowest BCUT2D eigenvalue weighted by Gasteiger charge is -2.27. The van der Waals surface area contributed by atoms with Crippen LogP contribution in [-0.4, -0.2) is 35.7 Å². The smallest absolute Gasteiger partial charge is 0.319 e. The Balaban J connectivity index is 0. The van der Waals surface area contributed by atoms with Gasteiger partial charge in [0.05, 0.1) is 6.61 Å². The third kappa shape index (κ3) is 4.27. The van der Waals surface area contributed by atoms with Gasteiger partial charge in [-0.1, -0.05) is 27.2 Å². The predicted octanol–water partition coefficient (Wildman–Crippen LogP) is 1.54. The Hall–Kier alpha value is -0.328. The van der Waals surface area contributed by atoms with E-state index in [1.54, 1.807) is 0 Å². The van der Waals surface area contributed by atoms with Gasteiger partial charge >= 0.3 is 5.97 Å². The van der Waals surface area contributed by atoms with Crippen molar-refractivity contribution >= 4 is 29.1 Å². The maximum absolute atomic E-state index is 11.8. The van der Waals surface area contributed by atoms with Crippen LogP contribution in [0.15, 0.2) is 0 Å². The first-order valence-electron chi connectivity index (χ1n) is 5.73. The zero-order valence-corrected chi connectivity index (χ0v) is 10.3. The standard InChI is InChI=1S/C12H22O3.Al.3H/c1-5-8-12(7-3,10(4)13)11(14)15-9-6-2;;;;/h5-9H2,1-4H3;;;;. The molecule has 0 N–H and O–H groups in total. The van der Waals surface area contributed by atoms with Crippen molar-refractivity contribution in [1.29, 1.82) is 0 Å². The molecule has 0 rings (SSSR count). The molecule has 0 spiro atoms. The summed E-state index contributed by atoms with van der Waals surface area (Å²) in [5.74, 6) is -0.422. The molecule has 94 valence electrons. The van der Waals surface area contributed by atoms with E-state index in [-0.39, 0.29) is 29.1 Å². The fourth-order valence-corrected chi connectivity index (χ4v) is 1.75. The molecule has 0 heterocycles. The molecule has 0 radical (unpaired) electrons. The van der Waals surface area contributed by atoms with Gasteiger partial charge in [0.15, 0.2) is 17.4 Å². The zero-order chi connectivity index (χ0) is 11.9. The number of hydrogen-bond donors (Lipinski definition) is 0.